The summed E-state index contributed by atoms with van der Waals surface area (Å²) in [4.78, 5) is 0. The molecule has 4 aromatic rings. The Morgan fingerprint density at radius 3 is 1.00 bits per heavy atom. The molecule has 136 valence electrons. The summed E-state index contributed by atoms with van der Waals surface area (Å²) in [5, 5.41) is 0. The maximum absolute atomic E-state index is 2.33. The normalized spacial score (nSPS) is 18.4. The molecule has 4 aromatic carbocycles. The third kappa shape index (κ3) is 3.27. The summed E-state index contributed by atoms with van der Waals surface area (Å²) in [6, 6.07) is 39.7. The molecule has 0 aromatic heterocycles. The van der Waals surface area contributed by atoms with E-state index < -0.39 is 0 Å². The van der Waals surface area contributed by atoms with Gasteiger partial charge in [0.2, 0.25) is 0 Å². The second-order valence-electron chi connectivity index (χ2n) is 7.77. The highest BCUT2D eigenvalue weighted by Crippen LogP contribution is 2.49. The summed E-state index contributed by atoms with van der Waals surface area (Å²) < 4.78 is 0. The molecule has 1 fully saturated rings. The van der Waals surface area contributed by atoms with Gasteiger partial charge >= 0.3 is 0 Å². The van der Waals surface area contributed by atoms with E-state index in [1.165, 1.54) is 46.2 Å². The average molecular weight is 360 g/mol. The Morgan fingerprint density at radius 2 is 0.679 bits per heavy atom. The van der Waals surface area contributed by atoms with Gasteiger partial charge in [-0.15, -0.1) is 0 Å². The molecule has 0 radical (unpaired) electrons. The average Bonchev–Trinajstić information content (AvgIpc) is 2.75. The minimum Gasteiger partial charge on any atom is -0.0622 e. The van der Waals surface area contributed by atoms with E-state index >= 15 is 0 Å². The van der Waals surface area contributed by atoms with Crippen LogP contribution in [0.25, 0.3) is 22.3 Å². The van der Waals surface area contributed by atoms with Crippen LogP contribution < -0.4 is 0 Å². The van der Waals surface area contributed by atoms with Crippen LogP contribution in [0.5, 0.6) is 0 Å². The lowest BCUT2D eigenvalue weighted by molar-refractivity contribution is 0.346. The summed E-state index contributed by atoms with van der Waals surface area (Å²) in [6.07, 6.45) is 2.57. The highest BCUT2D eigenvalue weighted by Gasteiger charge is 2.33. The van der Waals surface area contributed by atoms with Gasteiger partial charge in [0.25, 0.3) is 0 Å². The molecular formula is C28H24. The number of hydrogen-bond acceptors (Lipinski definition) is 0. The summed E-state index contributed by atoms with van der Waals surface area (Å²) in [7, 11) is 0. The fourth-order valence-electron chi connectivity index (χ4n) is 4.40. The molecule has 0 amide bonds. The molecule has 0 saturated heterocycles. The van der Waals surface area contributed by atoms with E-state index in [1.807, 2.05) is 0 Å². The topological polar surface area (TPSA) is 0 Å². The first-order chi connectivity index (χ1) is 13.9. The van der Waals surface area contributed by atoms with Crippen LogP contribution in [-0.4, -0.2) is 0 Å². The molecule has 2 atom stereocenters. The molecule has 0 aliphatic heterocycles. The minimum absolute atomic E-state index is 0.646. The summed E-state index contributed by atoms with van der Waals surface area (Å²) in [6.45, 7) is 0. The Kier molecular flexibility index (Phi) is 4.54. The zero-order chi connectivity index (χ0) is 18.8. The van der Waals surface area contributed by atoms with Gasteiger partial charge in [0.05, 0.1) is 0 Å². The largest absolute Gasteiger partial charge is 0.0622 e. The van der Waals surface area contributed by atoms with Crippen molar-refractivity contribution in [3.63, 3.8) is 0 Å². The lowest BCUT2D eigenvalue weighted by Gasteiger charge is -2.37. The Balaban J connectivity index is 1.34. The third-order valence-corrected chi connectivity index (χ3v) is 6.17. The second kappa shape index (κ2) is 7.48. The minimum atomic E-state index is 0.646. The van der Waals surface area contributed by atoms with Gasteiger partial charge in [-0.2, -0.15) is 0 Å². The maximum Gasteiger partial charge on any atom is -0.00929 e. The highest BCUT2D eigenvalue weighted by atomic mass is 14.4. The van der Waals surface area contributed by atoms with Gasteiger partial charge in [-0.1, -0.05) is 109 Å². The first kappa shape index (κ1) is 17.0. The molecule has 2 unspecified atom stereocenters. The van der Waals surface area contributed by atoms with E-state index in [0.29, 0.717) is 11.8 Å². The van der Waals surface area contributed by atoms with Gasteiger partial charge in [0.1, 0.15) is 0 Å². The zero-order valence-corrected chi connectivity index (χ0v) is 16.0. The van der Waals surface area contributed by atoms with Crippen molar-refractivity contribution in [3.05, 3.63) is 120 Å². The molecule has 1 aliphatic rings. The Labute approximate surface area is 167 Å². The maximum atomic E-state index is 2.33. The van der Waals surface area contributed by atoms with Crippen LogP contribution in [0.15, 0.2) is 109 Å². The van der Waals surface area contributed by atoms with Gasteiger partial charge in [0.15, 0.2) is 0 Å². The first-order valence-corrected chi connectivity index (χ1v) is 10.2. The van der Waals surface area contributed by atoms with Crippen LogP contribution in [0.1, 0.15) is 35.8 Å². The monoisotopic (exact) mass is 360 g/mol. The quantitative estimate of drug-likeness (QED) is 0.350. The van der Waals surface area contributed by atoms with Crippen molar-refractivity contribution in [1.29, 1.82) is 0 Å². The Bertz CT molecular complexity index is 940. The van der Waals surface area contributed by atoms with Crippen LogP contribution in [-0.2, 0) is 0 Å². The molecule has 0 heteroatoms. The number of benzene rings is 4. The SMILES string of the molecule is c1ccc(-c2ccc(C3CCC3c3ccc(-c4ccccc4)cc3)cc2)cc1. The molecule has 28 heavy (non-hydrogen) atoms. The van der Waals surface area contributed by atoms with Crippen molar-refractivity contribution >= 4 is 0 Å². The van der Waals surface area contributed by atoms with Crippen molar-refractivity contribution in [1.82, 2.24) is 0 Å². The van der Waals surface area contributed by atoms with Crippen molar-refractivity contribution in [2.45, 2.75) is 24.7 Å². The molecule has 0 spiro atoms. The van der Waals surface area contributed by atoms with Crippen molar-refractivity contribution in [2.75, 3.05) is 0 Å². The van der Waals surface area contributed by atoms with Gasteiger partial charge in [-0.05, 0) is 58.1 Å². The van der Waals surface area contributed by atoms with E-state index in [0.717, 1.165) is 0 Å². The van der Waals surface area contributed by atoms with E-state index in [9.17, 15) is 0 Å². The van der Waals surface area contributed by atoms with Gasteiger partial charge in [-0.25, -0.2) is 0 Å². The molecule has 1 saturated carbocycles. The summed E-state index contributed by atoms with van der Waals surface area (Å²) in [5.41, 5.74) is 8.12. The fraction of sp³-hybridized carbons (Fsp3) is 0.143. The molecule has 5 rings (SSSR count). The van der Waals surface area contributed by atoms with Crippen molar-refractivity contribution in [2.24, 2.45) is 0 Å². The van der Waals surface area contributed by atoms with Gasteiger partial charge in [-0.3, -0.25) is 0 Å². The number of rotatable bonds is 4. The van der Waals surface area contributed by atoms with E-state index in [1.54, 1.807) is 0 Å². The lowest BCUT2D eigenvalue weighted by atomic mass is 9.67. The van der Waals surface area contributed by atoms with Crippen LogP contribution in [0.2, 0.25) is 0 Å². The predicted molar refractivity (Wildman–Crippen MR) is 118 cm³/mol. The van der Waals surface area contributed by atoms with Crippen LogP contribution in [0.4, 0.5) is 0 Å². The fourth-order valence-corrected chi connectivity index (χ4v) is 4.40. The second-order valence-corrected chi connectivity index (χ2v) is 7.77. The predicted octanol–water partition coefficient (Wildman–Crippen LogP) is 7.68. The van der Waals surface area contributed by atoms with Crippen LogP contribution in [0.3, 0.4) is 0 Å². The van der Waals surface area contributed by atoms with Crippen molar-refractivity contribution < 1.29 is 0 Å². The van der Waals surface area contributed by atoms with Gasteiger partial charge in [0, 0.05) is 0 Å². The smallest absolute Gasteiger partial charge is 0.00929 e. The van der Waals surface area contributed by atoms with Crippen LogP contribution >= 0.6 is 0 Å². The van der Waals surface area contributed by atoms with E-state index in [-0.39, 0.29) is 0 Å². The van der Waals surface area contributed by atoms with Crippen LogP contribution in [0, 0.1) is 0 Å². The Morgan fingerprint density at radius 1 is 0.357 bits per heavy atom. The molecule has 0 heterocycles. The summed E-state index contributed by atoms with van der Waals surface area (Å²) in [5.74, 6) is 1.29. The first-order valence-electron chi connectivity index (χ1n) is 10.2. The zero-order valence-electron chi connectivity index (χ0n) is 16.0. The molecule has 0 bridgehead atoms. The number of hydrogen-bond donors (Lipinski definition) is 0. The molecule has 1 aliphatic carbocycles. The lowest BCUT2D eigenvalue weighted by Crippen LogP contribution is -2.21. The van der Waals surface area contributed by atoms with Gasteiger partial charge < -0.3 is 0 Å². The molecule has 0 N–H and O–H groups in total. The van der Waals surface area contributed by atoms with E-state index in [4.69, 9.17) is 0 Å². The van der Waals surface area contributed by atoms with E-state index in [2.05, 4.69) is 109 Å². The third-order valence-electron chi connectivity index (χ3n) is 6.17. The summed E-state index contributed by atoms with van der Waals surface area (Å²) >= 11 is 0. The van der Waals surface area contributed by atoms with Crippen molar-refractivity contribution in [3.8, 4) is 22.3 Å². The molecule has 0 nitrogen and oxygen atoms in total. The highest BCUT2D eigenvalue weighted by molar-refractivity contribution is 5.64. The standard InChI is InChI=1S/C28H24/c1-3-7-21(8-4-1)23-11-15-25(16-12-23)27-19-20-28(27)26-17-13-24(14-18-26)22-9-5-2-6-10-22/h1-18,27-28H,19-20H2. The molecular weight excluding hydrogens is 336 g/mol. The Hall–Kier alpha value is -3.12.